The van der Waals surface area contributed by atoms with Gasteiger partial charge in [0.2, 0.25) is 5.91 Å². The molecule has 0 atom stereocenters. The fourth-order valence-electron chi connectivity index (χ4n) is 5.81. The summed E-state index contributed by atoms with van der Waals surface area (Å²) in [5, 5.41) is 2.99. The number of nitrogens with one attached hydrogen (secondary N) is 1. The van der Waals surface area contributed by atoms with Crippen molar-refractivity contribution in [2.24, 2.45) is 23.2 Å². The maximum atomic E-state index is 12.9. The van der Waals surface area contributed by atoms with Gasteiger partial charge in [-0.15, -0.1) is 0 Å². The van der Waals surface area contributed by atoms with Crippen LogP contribution in [0.3, 0.4) is 0 Å². The van der Waals surface area contributed by atoms with Crippen LogP contribution in [0.4, 0.5) is 0 Å². The maximum absolute atomic E-state index is 12.9. The van der Waals surface area contributed by atoms with Gasteiger partial charge < -0.3 is 14.8 Å². The number of hydrogen-bond acceptors (Lipinski definition) is 5. The summed E-state index contributed by atoms with van der Waals surface area (Å²) >= 11 is 0. The molecule has 1 N–H and O–H groups in total. The summed E-state index contributed by atoms with van der Waals surface area (Å²) in [7, 11) is 1.31. The highest BCUT2D eigenvalue weighted by atomic mass is 16.5. The van der Waals surface area contributed by atoms with Crippen LogP contribution in [-0.2, 0) is 14.3 Å². The van der Waals surface area contributed by atoms with Crippen molar-refractivity contribution in [1.29, 1.82) is 0 Å². The van der Waals surface area contributed by atoms with Crippen LogP contribution in [-0.4, -0.2) is 31.5 Å². The van der Waals surface area contributed by atoms with Crippen molar-refractivity contribution in [3.8, 4) is 5.75 Å². The molecule has 5 rings (SSSR count). The predicted octanol–water partition coefficient (Wildman–Crippen LogP) is 3.10. The standard InChI is InChI=1S/C22H27NO5/c1-27-20(25)17-2-4-18(5-3-17)28-19(24)6-7-23-21(26)22-11-14-8-15(12-22)10-16(9-14)13-22/h2-5,14-16H,6-13H2,1H3,(H,23,26). The van der Waals surface area contributed by atoms with Crippen LogP contribution in [0.15, 0.2) is 24.3 Å². The molecule has 6 nitrogen and oxygen atoms in total. The zero-order chi connectivity index (χ0) is 19.7. The average molecular weight is 385 g/mol. The molecule has 4 aliphatic carbocycles. The lowest BCUT2D eigenvalue weighted by Gasteiger charge is -2.55. The first-order chi connectivity index (χ1) is 13.5. The van der Waals surface area contributed by atoms with Crippen molar-refractivity contribution in [3.63, 3.8) is 0 Å². The second kappa shape index (κ2) is 7.57. The average Bonchev–Trinajstić information content (AvgIpc) is 2.67. The van der Waals surface area contributed by atoms with Gasteiger partial charge >= 0.3 is 11.9 Å². The van der Waals surface area contributed by atoms with E-state index in [0.717, 1.165) is 37.0 Å². The first kappa shape index (κ1) is 19.0. The minimum absolute atomic E-state index is 0.122. The number of hydrogen-bond donors (Lipinski definition) is 1. The Balaban J connectivity index is 1.24. The molecule has 0 unspecified atom stereocenters. The number of amides is 1. The predicted molar refractivity (Wildman–Crippen MR) is 102 cm³/mol. The van der Waals surface area contributed by atoms with Gasteiger partial charge in [0.25, 0.3) is 0 Å². The lowest BCUT2D eigenvalue weighted by Crippen LogP contribution is -2.53. The van der Waals surface area contributed by atoms with Gasteiger partial charge in [-0.3, -0.25) is 9.59 Å². The molecule has 4 aliphatic rings. The van der Waals surface area contributed by atoms with E-state index in [9.17, 15) is 14.4 Å². The molecule has 28 heavy (non-hydrogen) atoms. The minimum atomic E-state index is -0.440. The van der Waals surface area contributed by atoms with Crippen molar-refractivity contribution < 1.29 is 23.9 Å². The van der Waals surface area contributed by atoms with E-state index >= 15 is 0 Å². The summed E-state index contributed by atoms with van der Waals surface area (Å²) in [6.45, 7) is 0.291. The summed E-state index contributed by atoms with van der Waals surface area (Å²) in [6.07, 6.45) is 7.07. The largest absolute Gasteiger partial charge is 0.465 e. The van der Waals surface area contributed by atoms with Gasteiger partial charge in [0.05, 0.1) is 19.1 Å². The third-order valence-corrected chi connectivity index (χ3v) is 6.64. The van der Waals surface area contributed by atoms with Crippen LogP contribution < -0.4 is 10.1 Å². The van der Waals surface area contributed by atoms with Crippen molar-refractivity contribution in [3.05, 3.63) is 29.8 Å². The van der Waals surface area contributed by atoms with E-state index in [1.54, 1.807) is 24.3 Å². The van der Waals surface area contributed by atoms with Gasteiger partial charge in [0.15, 0.2) is 0 Å². The molecule has 1 aromatic carbocycles. The van der Waals surface area contributed by atoms with E-state index in [-0.39, 0.29) is 17.7 Å². The van der Waals surface area contributed by atoms with Crippen LogP contribution >= 0.6 is 0 Å². The van der Waals surface area contributed by atoms with Gasteiger partial charge in [-0.25, -0.2) is 4.79 Å². The van der Waals surface area contributed by atoms with Gasteiger partial charge in [-0.2, -0.15) is 0 Å². The maximum Gasteiger partial charge on any atom is 0.337 e. The summed E-state index contributed by atoms with van der Waals surface area (Å²) in [4.78, 5) is 36.3. The van der Waals surface area contributed by atoms with Crippen LogP contribution in [0.5, 0.6) is 5.75 Å². The Morgan fingerprint density at radius 3 is 2.11 bits per heavy atom. The van der Waals surface area contributed by atoms with E-state index in [4.69, 9.17) is 4.74 Å². The molecule has 0 heterocycles. The SMILES string of the molecule is COC(=O)c1ccc(OC(=O)CCNC(=O)C23CC4CC(CC(C4)C2)C3)cc1. The number of benzene rings is 1. The van der Waals surface area contributed by atoms with Gasteiger partial charge in [0, 0.05) is 12.0 Å². The van der Waals surface area contributed by atoms with Gasteiger partial charge in [0.1, 0.15) is 5.75 Å². The zero-order valence-corrected chi connectivity index (χ0v) is 16.2. The number of carbonyl (C=O) groups is 3. The zero-order valence-electron chi connectivity index (χ0n) is 16.2. The van der Waals surface area contributed by atoms with E-state index in [2.05, 4.69) is 10.1 Å². The highest BCUT2D eigenvalue weighted by Gasteiger charge is 2.54. The van der Waals surface area contributed by atoms with Crippen LogP contribution in [0.1, 0.15) is 55.3 Å². The van der Waals surface area contributed by atoms with E-state index in [1.165, 1.54) is 26.4 Å². The molecule has 4 bridgehead atoms. The minimum Gasteiger partial charge on any atom is -0.465 e. The third-order valence-electron chi connectivity index (χ3n) is 6.64. The monoisotopic (exact) mass is 385 g/mol. The highest BCUT2D eigenvalue weighted by molar-refractivity contribution is 5.89. The fraction of sp³-hybridized carbons (Fsp3) is 0.591. The van der Waals surface area contributed by atoms with E-state index in [0.29, 0.717) is 17.9 Å². The normalized spacial score (nSPS) is 30.0. The first-order valence-corrected chi connectivity index (χ1v) is 10.1. The first-order valence-electron chi connectivity index (χ1n) is 10.1. The molecule has 0 saturated heterocycles. The van der Waals surface area contributed by atoms with E-state index < -0.39 is 11.9 Å². The topological polar surface area (TPSA) is 81.7 Å². The summed E-state index contributed by atoms with van der Waals surface area (Å²) in [5.74, 6) is 1.80. The van der Waals surface area contributed by atoms with Gasteiger partial charge in [-0.05, 0) is 80.5 Å². The van der Waals surface area contributed by atoms with Crippen LogP contribution in [0.2, 0.25) is 0 Å². The van der Waals surface area contributed by atoms with Crippen molar-refractivity contribution in [2.45, 2.75) is 44.9 Å². The lowest BCUT2D eigenvalue weighted by atomic mass is 9.49. The summed E-state index contributed by atoms with van der Waals surface area (Å²) in [5.41, 5.74) is 0.202. The highest BCUT2D eigenvalue weighted by Crippen LogP contribution is 2.60. The van der Waals surface area contributed by atoms with Gasteiger partial charge in [-0.1, -0.05) is 0 Å². The molecular weight excluding hydrogens is 358 g/mol. The van der Waals surface area contributed by atoms with Crippen molar-refractivity contribution in [1.82, 2.24) is 5.32 Å². The van der Waals surface area contributed by atoms with Crippen molar-refractivity contribution in [2.75, 3.05) is 13.7 Å². The lowest BCUT2D eigenvalue weighted by molar-refractivity contribution is -0.146. The Bertz CT molecular complexity index is 734. The Hall–Kier alpha value is -2.37. The Kier molecular flexibility index (Phi) is 5.13. The molecule has 0 aromatic heterocycles. The molecular formula is C22H27NO5. The Morgan fingerprint density at radius 2 is 1.57 bits per heavy atom. The fourth-order valence-corrected chi connectivity index (χ4v) is 5.81. The second-order valence-corrected chi connectivity index (χ2v) is 8.69. The number of methoxy groups -OCH3 is 1. The Labute approximate surface area is 165 Å². The number of carbonyl (C=O) groups excluding carboxylic acids is 3. The molecule has 4 fully saturated rings. The smallest absolute Gasteiger partial charge is 0.337 e. The molecule has 0 radical (unpaired) electrons. The molecule has 6 heteroatoms. The number of rotatable bonds is 6. The molecule has 4 saturated carbocycles. The Morgan fingerprint density at radius 1 is 1.00 bits per heavy atom. The van der Waals surface area contributed by atoms with E-state index in [1.807, 2.05) is 0 Å². The summed E-state index contributed by atoms with van der Waals surface area (Å²) in [6, 6.07) is 6.20. The number of esters is 2. The van der Waals surface area contributed by atoms with Crippen molar-refractivity contribution >= 4 is 17.8 Å². The molecule has 0 aliphatic heterocycles. The molecule has 0 spiro atoms. The summed E-state index contributed by atoms with van der Waals surface area (Å²) < 4.78 is 9.90. The molecule has 150 valence electrons. The van der Waals surface area contributed by atoms with Crippen LogP contribution in [0, 0.1) is 23.2 Å². The third kappa shape index (κ3) is 3.77. The molecule has 1 amide bonds. The quantitative estimate of drug-likeness (QED) is 0.601. The number of ether oxygens (including phenoxy) is 2. The van der Waals surface area contributed by atoms with Crippen LogP contribution in [0.25, 0.3) is 0 Å². The molecule has 1 aromatic rings. The second-order valence-electron chi connectivity index (χ2n) is 8.69.